The van der Waals surface area contributed by atoms with Gasteiger partial charge in [0.15, 0.2) is 0 Å². The van der Waals surface area contributed by atoms with Gasteiger partial charge in [-0.2, -0.15) is 0 Å². The van der Waals surface area contributed by atoms with E-state index in [2.05, 4.69) is 5.43 Å². The largest absolute Gasteiger partial charge is 0.368 e. The molecule has 4 nitrogen and oxygen atoms in total. The number of carbonyl (C=O) groups excluding carboxylic acids is 1. The van der Waals surface area contributed by atoms with Crippen LogP contribution in [-0.4, -0.2) is 13.0 Å². The van der Waals surface area contributed by atoms with Gasteiger partial charge in [-0.05, 0) is 6.07 Å². The fourth-order valence-corrected chi connectivity index (χ4v) is 1.59. The lowest BCUT2D eigenvalue weighted by Gasteiger charge is -2.12. The number of benzene rings is 1. The van der Waals surface area contributed by atoms with Gasteiger partial charge in [0.2, 0.25) is 5.91 Å². The van der Waals surface area contributed by atoms with Gasteiger partial charge in [0.1, 0.15) is 6.04 Å². The van der Waals surface area contributed by atoms with Crippen molar-refractivity contribution in [3.8, 4) is 0 Å². The minimum Gasteiger partial charge on any atom is -0.368 e. The number of anilines is 1. The van der Waals surface area contributed by atoms with Crippen LogP contribution in [0.5, 0.6) is 0 Å². The number of hydrogen-bond donors (Lipinski definition) is 2. The summed E-state index contributed by atoms with van der Waals surface area (Å²) in [5, 5.41) is 1.81. The smallest absolute Gasteiger partial charge is 0.241 e. The van der Waals surface area contributed by atoms with Crippen molar-refractivity contribution < 1.29 is 4.79 Å². The predicted molar refractivity (Wildman–Crippen MR) is 49.9 cm³/mol. The monoisotopic (exact) mass is 177 g/mol. The van der Waals surface area contributed by atoms with E-state index in [1.165, 1.54) is 0 Å². The Labute approximate surface area is 76.3 Å². The molecule has 1 unspecified atom stereocenters. The van der Waals surface area contributed by atoms with Crippen LogP contribution in [0.2, 0.25) is 0 Å². The highest BCUT2D eigenvalue weighted by Crippen LogP contribution is 2.30. The van der Waals surface area contributed by atoms with Gasteiger partial charge >= 0.3 is 0 Å². The van der Waals surface area contributed by atoms with E-state index in [1.54, 1.807) is 0 Å². The second-order valence-corrected chi connectivity index (χ2v) is 3.08. The van der Waals surface area contributed by atoms with Crippen LogP contribution >= 0.6 is 0 Å². The minimum absolute atomic E-state index is 0.350. The molecule has 0 spiro atoms. The zero-order valence-electron chi connectivity index (χ0n) is 7.32. The van der Waals surface area contributed by atoms with Crippen LogP contribution in [0, 0.1) is 0 Å². The number of nitrogens with two attached hydrogens (primary N) is 1. The summed E-state index contributed by atoms with van der Waals surface area (Å²) in [4.78, 5) is 11.0. The van der Waals surface area contributed by atoms with Gasteiger partial charge in [-0.3, -0.25) is 4.79 Å². The Bertz CT molecular complexity index is 350. The minimum atomic E-state index is -0.388. The van der Waals surface area contributed by atoms with Crippen LogP contribution in [-0.2, 0) is 4.79 Å². The number of amides is 1. The van der Waals surface area contributed by atoms with Crippen LogP contribution in [0.3, 0.4) is 0 Å². The molecule has 3 N–H and O–H groups in total. The molecular weight excluding hydrogens is 166 g/mol. The van der Waals surface area contributed by atoms with Gasteiger partial charge in [-0.1, -0.05) is 18.2 Å². The van der Waals surface area contributed by atoms with Crippen molar-refractivity contribution in [2.45, 2.75) is 6.04 Å². The molecule has 68 valence electrons. The van der Waals surface area contributed by atoms with Gasteiger partial charge in [0.25, 0.3) is 0 Å². The van der Waals surface area contributed by atoms with Crippen LogP contribution in [0.25, 0.3) is 0 Å². The topological polar surface area (TPSA) is 58.4 Å². The average molecular weight is 177 g/mol. The molecule has 1 aliphatic rings. The van der Waals surface area contributed by atoms with Crippen molar-refractivity contribution in [3.63, 3.8) is 0 Å². The molecule has 0 saturated carbocycles. The van der Waals surface area contributed by atoms with Crippen molar-refractivity contribution in [2.24, 2.45) is 5.73 Å². The molecule has 1 amide bonds. The lowest BCUT2D eigenvalue weighted by atomic mass is 10.1. The Balaban J connectivity index is 2.47. The number of para-hydroxylation sites is 1. The van der Waals surface area contributed by atoms with Gasteiger partial charge < -0.3 is 10.7 Å². The molecule has 0 fully saturated rings. The third-order valence-corrected chi connectivity index (χ3v) is 2.22. The molecule has 1 aromatic rings. The number of rotatable bonds is 1. The van der Waals surface area contributed by atoms with Gasteiger partial charge in [0.05, 0.1) is 5.69 Å². The van der Waals surface area contributed by atoms with E-state index in [1.807, 2.05) is 36.3 Å². The Morgan fingerprint density at radius 3 is 2.92 bits per heavy atom. The molecule has 1 heterocycles. The normalized spacial score (nSPS) is 20.1. The quantitative estimate of drug-likeness (QED) is 0.642. The zero-order valence-corrected chi connectivity index (χ0v) is 7.32. The van der Waals surface area contributed by atoms with E-state index >= 15 is 0 Å². The van der Waals surface area contributed by atoms with E-state index in [-0.39, 0.29) is 11.9 Å². The molecule has 13 heavy (non-hydrogen) atoms. The van der Waals surface area contributed by atoms with Crippen molar-refractivity contribution in [3.05, 3.63) is 29.8 Å². The van der Waals surface area contributed by atoms with Gasteiger partial charge in [-0.15, -0.1) is 0 Å². The number of primary amides is 1. The van der Waals surface area contributed by atoms with Gasteiger partial charge in [0, 0.05) is 12.6 Å². The van der Waals surface area contributed by atoms with E-state index in [4.69, 9.17) is 5.73 Å². The summed E-state index contributed by atoms with van der Waals surface area (Å²) in [6.45, 7) is 0. The summed E-state index contributed by atoms with van der Waals surface area (Å²) in [5.74, 6) is -0.350. The second-order valence-electron chi connectivity index (χ2n) is 3.08. The van der Waals surface area contributed by atoms with Crippen molar-refractivity contribution in [1.29, 1.82) is 0 Å². The SMILES string of the molecule is CN1NC(C(N)=O)c2ccccc21. The molecular formula is C9H11N3O. The number of nitrogens with zero attached hydrogens (tertiary/aromatic N) is 1. The summed E-state index contributed by atoms with van der Waals surface area (Å²) in [7, 11) is 1.86. The average Bonchev–Trinajstić information content (AvgIpc) is 2.45. The summed E-state index contributed by atoms with van der Waals surface area (Å²) in [6.07, 6.45) is 0. The highest BCUT2D eigenvalue weighted by atomic mass is 16.1. The molecule has 0 saturated heterocycles. The van der Waals surface area contributed by atoms with Crippen LogP contribution < -0.4 is 16.2 Å². The van der Waals surface area contributed by atoms with Crippen LogP contribution in [0.4, 0.5) is 5.69 Å². The third kappa shape index (κ3) is 1.15. The fraction of sp³-hybridized carbons (Fsp3) is 0.222. The van der Waals surface area contributed by atoms with E-state index < -0.39 is 0 Å². The first kappa shape index (κ1) is 8.07. The predicted octanol–water partition coefficient (Wildman–Crippen LogP) is 0.167. The summed E-state index contributed by atoms with van der Waals surface area (Å²) in [5.41, 5.74) is 10.2. The number of nitrogens with one attached hydrogen (secondary N) is 1. The molecule has 0 aromatic heterocycles. The number of fused-ring (bicyclic) bond motifs is 1. The molecule has 1 atom stereocenters. The number of hydrazine groups is 1. The van der Waals surface area contributed by atoms with E-state index in [9.17, 15) is 4.79 Å². The molecule has 2 rings (SSSR count). The Morgan fingerprint density at radius 1 is 1.54 bits per heavy atom. The lowest BCUT2D eigenvalue weighted by Crippen LogP contribution is -2.36. The molecule has 1 aromatic carbocycles. The van der Waals surface area contributed by atoms with Gasteiger partial charge in [-0.25, -0.2) is 5.43 Å². The maximum Gasteiger partial charge on any atom is 0.241 e. The molecule has 4 heteroatoms. The van der Waals surface area contributed by atoms with Crippen molar-refractivity contribution in [2.75, 3.05) is 12.1 Å². The maximum atomic E-state index is 11.0. The first-order valence-electron chi connectivity index (χ1n) is 4.08. The van der Waals surface area contributed by atoms with Crippen molar-refractivity contribution in [1.82, 2.24) is 5.43 Å². The molecule has 0 radical (unpaired) electrons. The lowest BCUT2D eigenvalue weighted by molar-refractivity contribution is -0.119. The highest BCUT2D eigenvalue weighted by Gasteiger charge is 2.29. The van der Waals surface area contributed by atoms with Crippen LogP contribution in [0.1, 0.15) is 11.6 Å². The standard InChI is InChI=1S/C9H11N3O/c1-12-7-5-3-2-4-6(7)8(11-12)9(10)13/h2-5,8,11H,1H3,(H2,10,13). The number of carbonyl (C=O) groups is 1. The zero-order chi connectivity index (χ0) is 9.42. The Kier molecular flexibility index (Phi) is 1.70. The van der Waals surface area contributed by atoms with Crippen LogP contribution in [0.15, 0.2) is 24.3 Å². The van der Waals surface area contributed by atoms with E-state index in [0.717, 1.165) is 11.3 Å². The molecule has 0 bridgehead atoms. The Hall–Kier alpha value is -1.55. The summed E-state index contributed by atoms with van der Waals surface area (Å²) >= 11 is 0. The highest BCUT2D eigenvalue weighted by molar-refractivity contribution is 5.85. The van der Waals surface area contributed by atoms with Crippen molar-refractivity contribution >= 4 is 11.6 Å². The second kappa shape index (κ2) is 2.74. The maximum absolute atomic E-state index is 11.0. The fourth-order valence-electron chi connectivity index (χ4n) is 1.59. The first-order chi connectivity index (χ1) is 6.20. The summed E-state index contributed by atoms with van der Waals surface area (Å²) < 4.78 is 0. The Morgan fingerprint density at radius 2 is 2.23 bits per heavy atom. The molecule has 0 aliphatic carbocycles. The first-order valence-corrected chi connectivity index (χ1v) is 4.08. The molecule has 1 aliphatic heterocycles. The number of hydrogen-bond acceptors (Lipinski definition) is 3. The van der Waals surface area contributed by atoms with E-state index in [0.29, 0.717) is 0 Å². The summed E-state index contributed by atoms with van der Waals surface area (Å²) in [6, 6.07) is 7.30. The third-order valence-electron chi connectivity index (χ3n) is 2.22.